The van der Waals surface area contributed by atoms with Gasteiger partial charge in [-0.2, -0.15) is 0 Å². The van der Waals surface area contributed by atoms with Gasteiger partial charge in [-0.15, -0.1) is 0 Å². The van der Waals surface area contributed by atoms with Crippen molar-refractivity contribution in [3.8, 4) is 17.0 Å². The topological polar surface area (TPSA) is 51.2 Å². The molecule has 1 amide bonds. The largest absolute Gasteiger partial charge is 0.487 e. The Balaban J connectivity index is 1.52. The van der Waals surface area contributed by atoms with Crippen molar-refractivity contribution in [2.75, 3.05) is 6.54 Å². The Morgan fingerprint density at radius 3 is 2.92 bits per heavy atom. The standard InChI is InChI=1S/C20H22N2O2/c1-13-9-14-11-15(12-22-19(23)20(2)6-7-20)24-18(14)16(10-13)17-5-3-4-8-21-17/h3-5,8-10,15H,6-7,11-12H2,1-2H3,(H,22,23)/t15-/m0/s1. The van der Waals surface area contributed by atoms with Crippen molar-refractivity contribution in [2.45, 2.75) is 39.2 Å². The maximum Gasteiger partial charge on any atom is 0.226 e. The first-order valence-corrected chi connectivity index (χ1v) is 8.55. The van der Waals surface area contributed by atoms with E-state index in [-0.39, 0.29) is 17.4 Å². The SMILES string of the molecule is Cc1cc2c(c(-c3ccccn3)c1)O[C@H](CNC(=O)C1(C)CC1)C2. The number of hydrogen-bond acceptors (Lipinski definition) is 3. The number of pyridine rings is 1. The zero-order chi connectivity index (χ0) is 16.7. The van der Waals surface area contributed by atoms with E-state index < -0.39 is 0 Å². The number of carbonyl (C=O) groups excluding carboxylic acids is 1. The molecule has 2 aromatic rings. The van der Waals surface area contributed by atoms with Crippen molar-refractivity contribution in [1.82, 2.24) is 10.3 Å². The van der Waals surface area contributed by atoms with Gasteiger partial charge in [0.2, 0.25) is 5.91 Å². The van der Waals surface area contributed by atoms with E-state index in [0.29, 0.717) is 6.54 Å². The van der Waals surface area contributed by atoms with Crippen molar-refractivity contribution < 1.29 is 9.53 Å². The fourth-order valence-corrected chi connectivity index (χ4v) is 3.25. The van der Waals surface area contributed by atoms with E-state index in [4.69, 9.17) is 4.74 Å². The van der Waals surface area contributed by atoms with Crippen molar-refractivity contribution in [3.63, 3.8) is 0 Å². The van der Waals surface area contributed by atoms with E-state index in [1.165, 1.54) is 11.1 Å². The molecule has 1 aromatic heterocycles. The molecule has 4 nitrogen and oxygen atoms in total. The van der Waals surface area contributed by atoms with Crippen molar-refractivity contribution in [2.24, 2.45) is 5.41 Å². The zero-order valence-corrected chi connectivity index (χ0v) is 14.1. The minimum Gasteiger partial charge on any atom is -0.487 e. The third kappa shape index (κ3) is 2.77. The summed E-state index contributed by atoms with van der Waals surface area (Å²) in [5, 5.41) is 3.06. The highest BCUT2D eigenvalue weighted by Gasteiger charge is 2.45. The lowest BCUT2D eigenvalue weighted by atomic mass is 10.0. The van der Waals surface area contributed by atoms with Gasteiger partial charge >= 0.3 is 0 Å². The molecule has 24 heavy (non-hydrogen) atoms. The summed E-state index contributed by atoms with van der Waals surface area (Å²) >= 11 is 0. The summed E-state index contributed by atoms with van der Waals surface area (Å²) in [6.45, 7) is 4.68. The lowest BCUT2D eigenvalue weighted by Gasteiger charge is -2.15. The summed E-state index contributed by atoms with van der Waals surface area (Å²) < 4.78 is 6.18. The third-order valence-electron chi connectivity index (χ3n) is 5.02. The van der Waals surface area contributed by atoms with Gasteiger partial charge in [0, 0.05) is 23.6 Å². The minimum atomic E-state index is -0.138. The molecular formula is C20H22N2O2. The van der Waals surface area contributed by atoms with E-state index in [1.807, 2.05) is 25.1 Å². The Hall–Kier alpha value is -2.36. The molecule has 1 aliphatic heterocycles. The second kappa shape index (κ2) is 5.62. The highest BCUT2D eigenvalue weighted by atomic mass is 16.5. The number of aryl methyl sites for hydroxylation is 1. The zero-order valence-electron chi connectivity index (χ0n) is 14.1. The van der Waals surface area contributed by atoms with Crippen molar-refractivity contribution in [3.05, 3.63) is 47.7 Å². The number of hydrogen-bond donors (Lipinski definition) is 1. The van der Waals surface area contributed by atoms with Gasteiger partial charge in [0.15, 0.2) is 0 Å². The van der Waals surface area contributed by atoms with E-state index in [2.05, 4.69) is 29.4 Å². The maximum atomic E-state index is 12.1. The van der Waals surface area contributed by atoms with Crippen molar-refractivity contribution in [1.29, 1.82) is 0 Å². The molecule has 1 aliphatic carbocycles. The molecule has 0 radical (unpaired) electrons. The number of nitrogens with one attached hydrogen (secondary N) is 1. The fraction of sp³-hybridized carbons (Fsp3) is 0.400. The molecule has 2 heterocycles. The smallest absolute Gasteiger partial charge is 0.226 e. The van der Waals surface area contributed by atoms with Gasteiger partial charge in [-0.05, 0) is 49.1 Å². The molecule has 4 heteroatoms. The summed E-state index contributed by atoms with van der Waals surface area (Å²) in [6.07, 6.45) is 4.61. The van der Waals surface area contributed by atoms with Gasteiger partial charge in [0.05, 0.1) is 12.2 Å². The van der Waals surface area contributed by atoms with Crippen LogP contribution in [0.5, 0.6) is 5.75 Å². The number of fused-ring (bicyclic) bond motifs is 1. The minimum absolute atomic E-state index is 0.00411. The second-order valence-electron chi connectivity index (χ2n) is 7.23. The van der Waals surface area contributed by atoms with Crippen LogP contribution in [0.3, 0.4) is 0 Å². The first-order valence-electron chi connectivity index (χ1n) is 8.55. The van der Waals surface area contributed by atoms with Gasteiger partial charge in [0.1, 0.15) is 11.9 Å². The lowest BCUT2D eigenvalue weighted by Crippen LogP contribution is -2.38. The molecule has 1 saturated carbocycles. The summed E-state index contributed by atoms with van der Waals surface area (Å²) in [7, 11) is 0. The van der Waals surface area contributed by atoms with Crippen LogP contribution >= 0.6 is 0 Å². The van der Waals surface area contributed by atoms with Crippen LogP contribution in [0.4, 0.5) is 0 Å². The van der Waals surface area contributed by atoms with E-state index in [1.54, 1.807) is 6.20 Å². The molecule has 1 fully saturated rings. The molecule has 0 bridgehead atoms. The first-order chi connectivity index (χ1) is 11.5. The average Bonchev–Trinajstić information content (AvgIpc) is 3.20. The highest BCUT2D eigenvalue weighted by molar-refractivity contribution is 5.84. The van der Waals surface area contributed by atoms with Gasteiger partial charge in [-0.25, -0.2) is 0 Å². The Bertz CT molecular complexity index is 782. The average molecular weight is 322 g/mol. The fourth-order valence-electron chi connectivity index (χ4n) is 3.25. The molecular weight excluding hydrogens is 300 g/mol. The quantitative estimate of drug-likeness (QED) is 0.940. The molecule has 4 rings (SSSR count). The molecule has 1 atom stereocenters. The molecule has 0 spiro atoms. The summed E-state index contributed by atoms with van der Waals surface area (Å²) in [5.41, 5.74) is 4.23. The number of rotatable bonds is 4. The van der Waals surface area contributed by atoms with Gasteiger partial charge in [0.25, 0.3) is 0 Å². The van der Waals surface area contributed by atoms with Crippen LogP contribution in [0.1, 0.15) is 30.9 Å². The van der Waals surface area contributed by atoms with Crippen LogP contribution in [0, 0.1) is 12.3 Å². The number of ether oxygens (including phenoxy) is 1. The number of benzene rings is 1. The maximum absolute atomic E-state index is 12.1. The van der Waals surface area contributed by atoms with E-state index in [9.17, 15) is 4.79 Å². The summed E-state index contributed by atoms with van der Waals surface area (Å²) in [6, 6.07) is 10.2. The number of nitrogens with zero attached hydrogens (tertiary/aromatic N) is 1. The van der Waals surface area contributed by atoms with Gasteiger partial charge in [-0.3, -0.25) is 9.78 Å². The molecule has 0 unspecified atom stereocenters. The van der Waals surface area contributed by atoms with Crippen LogP contribution in [0.25, 0.3) is 11.3 Å². The van der Waals surface area contributed by atoms with Crippen molar-refractivity contribution >= 4 is 5.91 Å². The van der Waals surface area contributed by atoms with Crippen LogP contribution in [-0.2, 0) is 11.2 Å². The number of aromatic nitrogens is 1. The van der Waals surface area contributed by atoms with Gasteiger partial charge < -0.3 is 10.1 Å². The highest BCUT2D eigenvalue weighted by Crippen LogP contribution is 2.45. The number of carbonyl (C=O) groups is 1. The van der Waals surface area contributed by atoms with Gasteiger partial charge in [-0.1, -0.05) is 19.1 Å². The molecule has 0 saturated heterocycles. The Labute approximate surface area is 142 Å². The molecule has 1 N–H and O–H groups in total. The Morgan fingerprint density at radius 1 is 1.38 bits per heavy atom. The lowest BCUT2D eigenvalue weighted by molar-refractivity contribution is -0.126. The van der Waals surface area contributed by atoms with Crippen LogP contribution in [0.2, 0.25) is 0 Å². The van der Waals surface area contributed by atoms with E-state index in [0.717, 1.165) is 36.3 Å². The molecule has 124 valence electrons. The van der Waals surface area contributed by atoms with Crippen LogP contribution in [-0.4, -0.2) is 23.5 Å². The Morgan fingerprint density at radius 2 is 2.21 bits per heavy atom. The normalized spacial score (nSPS) is 20.2. The van der Waals surface area contributed by atoms with Crippen LogP contribution in [0.15, 0.2) is 36.5 Å². The third-order valence-corrected chi connectivity index (χ3v) is 5.02. The van der Waals surface area contributed by atoms with Crippen LogP contribution < -0.4 is 10.1 Å². The summed E-state index contributed by atoms with van der Waals surface area (Å²) in [5.74, 6) is 1.07. The number of amides is 1. The summed E-state index contributed by atoms with van der Waals surface area (Å²) in [4.78, 5) is 16.6. The predicted molar refractivity (Wildman–Crippen MR) is 92.9 cm³/mol. The monoisotopic (exact) mass is 322 g/mol. The second-order valence-corrected chi connectivity index (χ2v) is 7.23. The Kier molecular flexibility index (Phi) is 3.56. The van der Waals surface area contributed by atoms with E-state index >= 15 is 0 Å². The first kappa shape index (κ1) is 15.2. The molecule has 1 aromatic carbocycles. The molecule has 2 aliphatic rings. The predicted octanol–water partition coefficient (Wildman–Crippen LogP) is 3.28.